The van der Waals surface area contributed by atoms with Gasteiger partial charge in [0.2, 0.25) is 0 Å². The molecule has 13 heavy (non-hydrogen) atoms. The van der Waals surface area contributed by atoms with E-state index in [1.54, 1.807) is 18.2 Å². The van der Waals surface area contributed by atoms with Gasteiger partial charge in [0.25, 0.3) is 10.0 Å². The lowest BCUT2D eigenvalue weighted by atomic mass is 10.4. The third-order valence-electron chi connectivity index (χ3n) is 1.55. The molecule has 0 heterocycles. The van der Waals surface area contributed by atoms with E-state index in [0.29, 0.717) is 0 Å². The van der Waals surface area contributed by atoms with Crippen molar-refractivity contribution < 1.29 is 12.9 Å². The summed E-state index contributed by atoms with van der Waals surface area (Å²) in [5.41, 5.74) is 0. The van der Waals surface area contributed by atoms with Gasteiger partial charge in [-0.05, 0) is 23.6 Å². The topological polar surface area (TPSA) is 37.4 Å². The first-order valence-corrected chi connectivity index (χ1v) is 5.26. The van der Waals surface area contributed by atoms with Gasteiger partial charge in [-0.2, -0.15) is 0 Å². The van der Waals surface area contributed by atoms with E-state index in [2.05, 4.69) is 0 Å². The molecule has 0 aromatic heterocycles. The Bertz CT molecular complexity index is 363. The van der Waals surface area contributed by atoms with Crippen molar-refractivity contribution in [2.24, 2.45) is 0 Å². The molecule has 0 bridgehead atoms. The van der Waals surface area contributed by atoms with E-state index < -0.39 is 10.0 Å². The molecule has 0 unspecified atom stereocenters. The van der Waals surface area contributed by atoms with Crippen LogP contribution in [0.5, 0.6) is 0 Å². The van der Waals surface area contributed by atoms with E-state index in [-0.39, 0.29) is 16.0 Å². The summed E-state index contributed by atoms with van der Waals surface area (Å²) in [6.07, 6.45) is 0. The molecule has 0 saturated heterocycles. The second kappa shape index (κ2) is 3.85. The second-order valence-corrected chi connectivity index (χ2v) is 4.24. The lowest BCUT2D eigenvalue weighted by molar-refractivity contribution is 0.147. The van der Waals surface area contributed by atoms with Crippen molar-refractivity contribution in [2.45, 2.75) is 11.8 Å². The zero-order chi connectivity index (χ0) is 9.90. The van der Waals surface area contributed by atoms with Gasteiger partial charge in [0.05, 0.1) is 4.90 Å². The van der Waals surface area contributed by atoms with Crippen LogP contribution in [0.1, 0.15) is 6.92 Å². The third-order valence-corrected chi connectivity index (χ3v) is 3.20. The summed E-state index contributed by atoms with van der Waals surface area (Å²) in [7, 11) is -3.92. The number of hydrogen-bond acceptors (Lipinski definition) is 2. The summed E-state index contributed by atoms with van der Waals surface area (Å²) in [5, 5.41) is 0. The lowest BCUT2D eigenvalue weighted by Crippen LogP contribution is -2.22. The molecule has 72 valence electrons. The average Bonchev–Trinajstić information content (AvgIpc) is 2.18. The van der Waals surface area contributed by atoms with Crippen LogP contribution < -0.4 is 0 Å². The molecule has 0 fully saturated rings. The molecule has 3 nitrogen and oxygen atoms in total. The molecule has 0 saturated carbocycles. The van der Waals surface area contributed by atoms with Gasteiger partial charge in [0, 0.05) is 6.54 Å². The molecule has 0 radical (unpaired) electrons. The molecule has 0 atom stereocenters. The van der Waals surface area contributed by atoms with Gasteiger partial charge in [-0.25, -0.2) is 8.42 Å². The number of rotatable bonds is 3. The number of halogens is 1. The molecule has 0 N–H and O–H groups in total. The maximum absolute atomic E-state index is 12.8. The van der Waals surface area contributed by atoms with E-state index in [1.807, 2.05) is 0 Å². The fourth-order valence-electron chi connectivity index (χ4n) is 0.877. The summed E-state index contributed by atoms with van der Waals surface area (Å²) in [6.45, 7) is 1.25. The van der Waals surface area contributed by atoms with Crippen molar-refractivity contribution in [1.29, 1.82) is 0 Å². The molecule has 0 aliphatic rings. The summed E-state index contributed by atoms with van der Waals surface area (Å²) in [6, 6.07) is 7.50. The zero-order valence-electron chi connectivity index (χ0n) is 7.14. The van der Waals surface area contributed by atoms with E-state index >= 15 is 0 Å². The maximum Gasteiger partial charge on any atom is 0.269 e. The van der Waals surface area contributed by atoms with Crippen LogP contribution in [0.3, 0.4) is 0 Å². The first kappa shape index (κ1) is 10.1. The molecular weight excluding hydrogens is 193 g/mol. The van der Waals surface area contributed by atoms with Gasteiger partial charge in [-0.3, -0.25) is 0 Å². The number of hydrogen-bond donors (Lipinski definition) is 0. The van der Waals surface area contributed by atoms with Gasteiger partial charge < -0.3 is 0 Å². The first-order chi connectivity index (χ1) is 6.09. The van der Waals surface area contributed by atoms with E-state index in [9.17, 15) is 12.9 Å². The van der Waals surface area contributed by atoms with E-state index in [4.69, 9.17) is 0 Å². The minimum atomic E-state index is -3.92. The minimum Gasteiger partial charge on any atom is -0.205 e. The molecule has 0 aliphatic heterocycles. The Morgan fingerprint density at radius 3 is 2.31 bits per heavy atom. The van der Waals surface area contributed by atoms with Gasteiger partial charge in [-0.15, -0.1) is 4.48 Å². The quantitative estimate of drug-likeness (QED) is 0.699. The summed E-state index contributed by atoms with van der Waals surface area (Å²) in [4.78, 5) is -0.0284. The Labute approximate surface area is 76.8 Å². The number of benzene rings is 1. The first-order valence-electron chi connectivity index (χ1n) is 3.82. The molecule has 1 aromatic rings. The van der Waals surface area contributed by atoms with Gasteiger partial charge in [0.1, 0.15) is 0 Å². The molecule has 1 aromatic carbocycles. The minimum absolute atomic E-state index is 0.0284. The predicted molar refractivity (Wildman–Crippen MR) is 47.1 cm³/mol. The second-order valence-electron chi connectivity index (χ2n) is 2.42. The number of sulfonamides is 1. The van der Waals surface area contributed by atoms with Crippen LogP contribution in [0, 0.1) is 0 Å². The Morgan fingerprint density at radius 2 is 1.85 bits per heavy atom. The van der Waals surface area contributed by atoms with Gasteiger partial charge in [0.15, 0.2) is 0 Å². The molecule has 0 aliphatic carbocycles. The maximum atomic E-state index is 12.8. The van der Waals surface area contributed by atoms with Crippen molar-refractivity contribution in [2.75, 3.05) is 6.54 Å². The monoisotopic (exact) mass is 203 g/mol. The van der Waals surface area contributed by atoms with Crippen molar-refractivity contribution in [1.82, 2.24) is 4.53 Å². The SMILES string of the molecule is CCN(F)S(=O)(=O)c1ccccc1. The van der Waals surface area contributed by atoms with Crippen LogP contribution in [-0.2, 0) is 10.0 Å². The van der Waals surface area contributed by atoms with Crippen LogP contribution in [0.4, 0.5) is 4.48 Å². The van der Waals surface area contributed by atoms with Gasteiger partial charge >= 0.3 is 0 Å². The zero-order valence-corrected chi connectivity index (χ0v) is 7.96. The van der Waals surface area contributed by atoms with Crippen molar-refractivity contribution in [3.63, 3.8) is 0 Å². The molecule has 5 heteroatoms. The van der Waals surface area contributed by atoms with Crippen LogP contribution in [0.2, 0.25) is 0 Å². The van der Waals surface area contributed by atoms with E-state index in [0.717, 1.165) is 0 Å². The van der Waals surface area contributed by atoms with Crippen molar-refractivity contribution in [3.05, 3.63) is 30.3 Å². The molecule has 0 spiro atoms. The smallest absolute Gasteiger partial charge is 0.205 e. The Morgan fingerprint density at radius 1 is 1.31 bits per heavy atom. The average molecular weight is 203 g/mol. The van der Waals surface area contributed by atoms with Crippen LogP contribution in [-0.4, -0.2) is 19.5 Å². The molecule has 1 rings (SSSR count). The highest BCUT2D eigenvalue weighted by molar-refractivity contribution is 7.89. The largest absolute Gasteiger partial charge is 0.269 e. The van der Waals surface area contributed by atoms with Crippen molar-refractivity contribution in [3.8, 4) is 0 Å². The molecular formula is C8H10FNO2S. The Balaban J connectivity index is 3.09. The van der Waals surface area contributed by atoms with Crippen LogP contribution in [0.15, 0.2) is 35.2 Å². The third kappa shape index (κ3) is 2.05. The number of nitrogens with zero attached hydrogens (tertiary/aromatic N) is 1. The predicted octanol–water partition coefficient (Wildman–Crippen LogP) is 1.58. The highest BCUT2D eigenvalue weighted by Gasteiger charge is 2.21. The summed E-state index contributed by atoms with van der Waals surface area (Å²) in [5.74, 6) is 0. The van der Waals surface area contributed by atoms with Crippen LogP contribution >= 0.6 is 0 Å². The Hall–Kier alpha value is -0.940. The van der Waals surface area contributed by atoms with Crippen molar-refractivity contribution >= 4 is 10.0 Å². The van der Waals surface area contributed by atoms with Gasteiger partial charge in [-0.1, -0.05) is 18.2 Å². The Kier molecular flexibility index (Phi) is 3.00. The molecule has 0 amide bonds. The standard InChI is InChI=1S/C8H10FNO2S/c1-2-10(9)13(11,12)8-6-4-3-5-7-8/h3-7H,2H2,1H3. The summed E-state index contributed by atoms with van der Waals surface area (Å²) < 4.78 is 35.3. The fraction of sp³-hybridized carbons (Fsp3) is 0.250. The fourth-order valence-corrected chi connectivity index (χ4v) is 1.95. The van der Waals surface area contributed by atoms with Crippen LogP contribution in [0.25, 0.3) is 0 Å². The lowest BCUT2D eigenvalue weighted by Gasteiger charge is -2.09. The van der Waals surface area contributed by atoms with E-state index in [1.165, 1.54) is 19.1 Å². The highest BCUT2D eigenvalue weighted by Crippen LogP contribution is 2.14. The normalized spacial score (nSPS) is 11.9. The summed E-state index contributed by atoms with van der Waals surface area (Å²) >= 11 is 0. The highest BCUT2D eigenvalue weighted by atomic mass is 32.2.